The van der Waals surface area contributed by atoms with Crippen LogP contribution < -0.4 is 11.1 Å². The largest absolute Gasteiger partial charge is 0.416 e. The van der Waals surface area contributed by atoms with Gasteiger partial charge in [0.15, 0.2) is 0 Å². The number of carbonyl (C=O) groups excluding carboxylic acids is 1. The highest BCUT2D eigenvalue weighted by Crippen LogP contribution is 2.33. The number of nitrogens with zero attached hydrogens (tertiary/aromatic N) is 2. The summed E-state index contributed by atoms with van der Waals surface area (Å²) in [6, 6.07) is 11.1. The Bertz CT molecular complexity index is 957. The first-order valence-electron chi connectivity index (χ1n) is 11.5. The van der Waals surface area contributed by atoms with Crippen LogP contribution in [0.2, 0.25) is 0 Å². The van der Waals surface area contributed by atoms with Crippen LogP contribution in [0.15, 0.2) is 42.5 Å². The Morgan fingerprint density at radius 3 is 2.58 bits per heavy atom. The minimum atomic E-state index is -4.38. The molecule has 3 N–H and O–H groups in total. The number of carbonyl (C=O) groups is 1. The first-order chi connectivity index (χ1) is 15.8. The molecule has 1 fully saturated rings. The highest BCUT2D eigenvalue weighted by Gasteiger charge is 2.30. The van der Waals surface area contributed by atoms with Crippen molar-refractivity contribution in [2.45, 2.75) is 38.5 Å². The van der Waals surface area contributed by atoms with Crippen LogP contribution in [0, 0.1) is 5.92 Å². The fraction of sp³-hybridized carbons (Fsp3) is 0.480. The highest BCUT2D eigenvalue weighted by atomic mass is 19.4. The maximum atomic E-state index is 12.9. The molecule has 8 heteroatoms. The monoisotopic (exact) mass is 460 g/mol. The number of halogens is 3. The average Bonchev–Trinajstić information content (AvgIpc) is 3.60. The van der Waals surface area contributed by atoms with Crippen LogP contribution in [-0.4, -0.2) is 48.4 Å². The first-order valence-corrected chi connectivity index (χ1v) is 11.5. The van der Waals surface area contributed by atoms with Crippen LogP contribution in [0.5, 0.6) is 0 Å². The quantitative estimate of drug-likeness (QED) is 0.597. The van der Waals surface area contributed by atoms with Crippen LogP contribution in [0.25, 0.3) is 0 Å². The molecule has 1 amide bonds. The number of benzene rings is 2. The van der Waals surface area contributed by atoms with Crippen molar-refractivity contribution in [2.75, 3.05) is 38.0 Å². The Morgan fingerprint density at radius 2 is 1.91 bits per heavy atom. The highest BCUT2D eigenvalue weighted by molar-refractivity contribution is 5.81. The standard InChI is InChI=1S/C25H31F3N4O/c26-25(27,28)21-8-6-19(7-9-21)16-32(13-11-29)24(33)14-30-23-3-1-2-20-17-31(12-10-22(20)23)15-18-4-5-18/h1-3,6-9,18,30H,4-5,10-17,29H2. The van der Waals surface area contributed by atoms with Crippen molar-refractivity contribution in [3.8, 4) is 0 Å². The second-order valence-electron chi connectivity index (χ2n) is 9.02. The Morgan fingerprint density at radius 1 is 1.15 bits per heavy atom. The molecule has 0 unspecified atom stereocenters. The van der Waals surface area contributed by atoms with Crippen LogP contribution in [0.1, 0.15) is 35.1 Å². The van der Waals surface area contributed by atoms with E-state index in [-0.39, 0.29) is 25.5 Å². The van der Waals surface area contributed by atoms with Gasteiger partial charge in [-0.25, -0.2) is 0 Å². The average molecular weight is 461 g/mol. The van der Waals surface area contributed by atoms with E-state index in [9.17, 15) is 18.0 Å². The van der Waals surface area contributed by atoms with E-state index in [0.717, 1.165) is 43.2 Å². The van der Waals surface area contributed by atoms with Gasteiger partial charge in [-0.1, -0.05) is 24.3 Å². The van der Waals surface area contributed by atoms with Crippen molar-refractivity contribution in [3.63, 3.8) is 0 Å². The third kappa shape index (κ3) is 6.26. The van der Waals surface area contributed by atoms with Gasteiger partial charge in [0.1, 0.15) is 0 Å². The van der Waals surface area contributed by atoms with Gasteiger partial charge in [-0.05, 0) is 60.1 Å². The first kappa shape index (κ1) is 23.6. The Kier molecular flexibility index (Phi) is 7.24. The van der Waals surface area contributed by atoms with Gasteiger partial charge in [-0.15, -0.1) is 0 Å². The van der Waals surface area contributed by atoms with E-state index in [4.69, 9.17) is 5.73 Å². The summed E-state index contributed by atoms with van der Waals surface area (Å²) in [5, 5.41) is 3.29. The molecule has 0 saturated heterocycles. The number of nitrogens with one attached hydrogen (secondary N) is 1. The maximum absolute atomic E-state index is 12.9. The van der Waals surface area contributed by atoms with Crippen molar-refractivity contribution in [3.05, 3.63) is 64.7 Å². The van der Waals surface area contributed by atoms with E-state index >= 15 is 0 Å². The van der Waals surface area contributed by atoms with Crippen LogP contribution >= 0.6 is 0 Å². The Hall–Kier alpha value is -2.58. The molecule has 0 atom stereocenters. The van der Waals surface area contributed by atoms with Crippen molar-refractivity contribution in [1.29, 1.82) is 0 Å². The van der Waals surface area contributed by atoms with Crippen LogP contribution in [0.4, 0.5) is 18.9 Å². The molecule has 33 heavy (non-hydrogen) atoms. The molecule has 2 aromatic carbocycles. The molecule has 2 aromatic rings. The number of amides is 1. The zero-order valence-electron chi connectivity index (χ0n) is 18.7. The van der Waals surface area contributed by atoms with Crippen LogP contribution in [-0.2, 0) is 30.5 Å². The number of hydrogen-bond donors (Lipinski definition) is 2. The van der Waals surface area contributed by atoms with Gasteiger partial charge < -0.3 is 16.0 Å². The molecule has 0 spiro atoms. The number of nitrogens with two attached hydrogens (primary N) is 1. The SMILES string of the molecule is NCCN(Cc1ccc(C(F)(F)F)cc1)C(=O)CNc1cccc2c1CCN(CC1CC1)C2. The molecule has 2 aliphatic rings. The number of hydrogen-bond acceptors (Lipinski definition) is 4. The second-order valence-corrected chi connectivity index (χ2v) is 9.02. The number of rotatable bonds is 9. The lowest BCUT2D eigenvalue weighted by Crippen LogP contribution is -2.38. The molecule has 0 radical (unpaired) electrons. The lowest BCUT2D eigenvalue weighted by Gasteiger charge is -2.30. The molecular formula is C25H31F3N4O. The molecule has 1 saturated carbocycles. The molecule has 1 aliphatic carbocycles. The van der Waals surface area contributed by atoms with E-state index in [2.05, 4.69) is 16.3 Å². The van der Waals surface area contributed by atoms with Crippen molar-refractivity contribution < 1.29 is 18.0 Å². The molecule has 0 bridgehead atoms. The zero-order chi connectivity index (χ0) is 23.4. The molecule has 4 rings (SSSR count). The van der Waals surface area contributed by atoms with Crippen LogP contribution in [0.3, 0.4) is 0 Å². The summed E-state index contributed by atoms with van der Waals surface area (Å²) in [6.07, 6.45) is -0.728. The molecule has 1 heterocycles. The zero-order valence-corrected chi connectivity index (χ0v) is 18.7. The smallest absolute Gasteiger partial charge is 0.376 e. The summed E-state index contributed by atoms with van der Waals surface area (Å²) in [5.41, 5.74) is 9.18. The van der Waals surface area contributed by atoms with Crippen molar-refractivity contribution in [1.82, 2.24) is 9.80 Å². The van der Waals surface area contributed by atoms with Gasteiger partial charge in [-0.2, -0.15) is 13.2 Å². The third-order valence-corrected chi connectivity index (χ3v) is 6.39. The van der Waals surface area contributed by atoms with Gasteiger partial charge in [0.25, 0.3) is 0 Å². The van der Waals surface area contributed by atoms with Gasteiger partial charge in [0.05, 0.1) is 12.1 Å². The topological polar surface area (TPSA) is 61.6 Å². The summed E-state index contributed by atoms with van der Waals surface area (Å²) in [6.45, 7) is 4.11. The molecule has 0 aromatic heterocycles. The number of alkyl halides is 3. The van der Waals surface area contributed by atoms with Crippen molar-refractivity contribution in [2.24, 2.45) is 11.7 Å². The fourth-order valence-corrected chi connectivity index (χ4v) is 4.40. The molecule has 5 nitrogen and oxygen atoms in total. The van der Waals surface area contributed by atoms with E-state index in [1.165, 1.54) is 42.6 Å². The summed E-state index contributed by atoms with van der Waals surface area (Å²) in [4.78, 5) is 17.0. The summed E-state index contributed by atoms with van der Waals surface area (Å²) < 4.78 is 38.4. The predicted octanol–water partition coefficient (Wildman–Crippen LogP) is 3.87. The van der Waals surface area contributed by atoms with Gasteiger partial charge in [0, 0.05) is 45.0 Å². The summed E-state index contributed by atoms with van der Waals surface area (Å²) in [7, 11) is 0. The van der Waals surface area contributed by atoms with E-state index in [0.29, 0.717) is 12.1 Å². The van der Waals surface area contributed by atoms with Crippen molar-refractivity contribution >= 4 is 11.6 Å². The minimum Gasteiger partial charge on any atom is -0.376 e. The maximum Gasteiger partial charge on any atom is 0.416 e. The van der Waals surface area contributed by atoms with Gasteiger partial charge >= 0.3 is 6.18 Å². The fourth-order valence-electron chi connectivity index (χ4n) is 4.40. The molecular weight excluding hydrogens is 429 g/mol. The Balaban J connectivity index is 1.36. The Labute approximate surface area is 192 Å². The predicted molar refractivity (Wildman–Crippen MR) is 123 cm³/mol. The second kappa shape index (κ2) is 10.1. The number of anilines is 1. The number of fused-ring (bicyclic) bond motifs is 1. The molecule has 178 valence electrons. The summed E-state index contributed by atoms with van der Waals surface area (Å²) >= 11 is 0. The molecule has 1 aliphatic heterocycles. The lowest BCUT2D eigenvalue weighted by molar-refractivity contribution is -0.137. The van der Waals surface area contributed by atoms with E-state index < -0.39 is 11.7 Å². The minimum absolute atomic E-state index is 0.114. The lowest BCUT2D eigenvalue weighted by atomic mass is 9.97. The van der Waals surface area contributed by atoms with E-state index in [1.807, 2.05) is 12.1 Å². The summed E-state index contributed by atoms with van der Waals surface area (Å²) in [5.74, 6) is 0.729. The van der Waals surface area contributed by atoms with Gasteiger partial charge in [-0.3, -0.25) is 9.69 Å². The normalized spacial score (nSPS) is 16.4. The van der Waals surface area contributed by atoms with Gasteiger partial charge in [0.2, 0.25) is 5.91 Å². The van der Waals surface area contributed by atoms with E-state index in [1.54, 1.807) is 4.90 Å². The third-order valence-electron chi connectivity index (χ3n) is 6.39.